The van der Waals surface area contributed by atoms with Crippen molar-refractivity contribution in [3.8, 4) is 5.75 Å². The van der Waals surface area contributed by atoms with Crippen molar-refractivity contribution < 1.29 is 18.7 Å². The summed E-state index contributed by atoms with van der Waals surface area (Å²) < 4.78 is 18.8. The molecule has 34 heavy (non-hydrogen) atoms. The number of carbonyl (C=O) groups is 2. The van der Waals surface area contributed by atoms with E-state index in [0.717, 1.165) is 11.1 Å². The van der Waals surface area contributed by atoms with Crippen LogP contribution in [0.25, 0.3) is 0 Å². The molecular formula is C27H28FN3O3. The summed E-state index contributed by atoms with van der Waals surface area (Å²) in [5.41, 5.74) is 2.47. The first kappa shape index (κ1) is 23.4. The average Bonchev–Trinajstić information content (AvgIpc) is 2.88. The third-order valence-corrected chi connectivity index (χ3v) is 5.76. The van der Waals surface area contributed by atoms with Crippen molar-refractivity contribution in [2.45, 2.75) is 13.2 Å². The Morgan fingerprint density at radius 1 is 0.853 bits per heavy atom. The van der Waals surface area contributed by atoms with E-state index in [1.807, 2.05) is 30.3 Å². The van der Waals surface area contributed by atoms with Crippen LogP contribution in [0.5, 0.6) is 5.75 Å². The standard InChI is InChI=1S/C27H28FN3O3/c28-24-11-9-22(10-12-24)20-34-25-8-4-7-23(17-25)27(33)31-15-13-30(14-16-31)19-26(32)29-18-21-5-2-1-3-6-21/h1-12,17H,13-16,18-20H2,(H,29,32). The van der Waals surface area contributed by atoms with Crippen LogP contribution in [0.3, 0.4) is 0 Å². The summed E-state index contributed by atoms with van der Waals surface area (Å²) in [6.07, 6.45) is 0. The molecule has 7 heteroatoms. The Balaban J connectivity index is 1.23. The minimum absolute atomic E-state index is 0.0189. The number of carbonyl (C=O) groups excluding carboxylic acids is 2. The molecule has 0 bridgehead atoms. The van der Waals surface area contributed by atoms with Crippen LogP contribution in [0.4, 0.5) is 4.39 Å². The lowest BCUT2D eigenvalue weighted by Crippen LogP contribution is -2.51. The van der Waals surface area contributed by atoms with Gasteiger partial charge in [-0.1, -0.05) is 48.5 Å². The second kappa shape index (κ2) is 11.4. The molecule has 3 aromatic rings. The summed E-state index contributed by atoms with van der Waals surface area (Å²) in [7, 11) is 0. The molecule has 3 aromatic carbocycles. The van der Waals surface area contributed by atoms with Gasteiger partial charge in [-0.3, -0.25) is 14.5 Å². The molecule has 6 nitrogen and oxygen atoms in total. The molecule has 0 aliphatic carbocycles. The number of piperazine rings is 1. The van der Waals surface area contributed by atoms with Gasteiger partial charge in [0.2, 0.25) is 5.91 Å². The first-order valence-corrected chi connectivity index (χ1v) is 11.4. The number of hydrogen-bond donors (Lipinski definition) is 1. The molecule has 1 heterocycles. The lowest BCUT2D eigenvalue weighted by atomic mass is 10.1. The third-order valence-electron chi connectivity index (χ3n) is 5.76. The maximum Gasteiger partial charge on any atom is 0.254 e. The molecular weight excluding hydrogens is 433 g/mol. The van der Waals surface area contributed by atoms with Gasteiger partial charge in [0.15, 0.2) is 0 Å². The van der Waals surface area contributed by atoms with E-state index in [4.69, 9.17) is 4.74 Å². The van der Waals surface area contributed by atoms with Gasteiger partial charge >= 0.3 is 0 Å². The Bertz CT molecular complexity index is 1100. The molecule has 2 amide bonds. The first-order chi connectivity index (χ1) is 16.6. The van der Waals surface area contributed by atoms with Gasteiger partial charge in [0.1, 0.15) is 18.2 Å². The third kappa shape index (κ3) is 6.65. The van der Waals surface area contributed by atoms with Crippen LogP contribution in [-0.4, -0.2) is 54.3 Å². The Hall–Kier alpha value is -3.71. The summed E-state index contributed by atoms with van der Waals surface area (Å²) >= 11 is 0. The maximum absolute atomic E-state index is 13.0. The fourth-order valence-electron chi connectivity index (χ4n) is 3.81. The predicted octanol–water partition coefficient (Wildman–Crippen LogP) is 3.48. The highest BCUT2D eigenvalue weighted by molar-refractivity contribution is 5.94. The summed E-state index contributed by atoms with van der Waals surface area (Å²) in [4.78, 5) is 29.1. The smallest absolute Gasteiger partial charge is 0.254 e. The minimum atomic E-state index is -0.288. The van der Waals surface area contributed by atoms with Gasteiger partial charge in [-0.05, 0) is 41.5 Å². The van der Waals surface area contributed by atoms with E-state index in [9.17, 15) is 14.0 Å². The lowest BCUT2D eigenvalue weighted by molar-refractivity contribution is -0.122. The van der Waals surface area contributed by atoms with Crippen LogP contribution in [0, 0.1) is 5.82 Å². The van der Waals surface area contributed by atoms with E-state index in [1.54, 1.807) is 41.3 Å². The van der Waals surface area contributed by atoms with E-state index >= 15 is 0 Å². The summed E-state index contributed by atoms with van der Waals surface area (Å²) in [5, 5.41) is 2.95. The van der Waals surface area contributed by atoms with Crippen LogP contribution in [0.1, 0.15) is 21.5 Å². The normalized spacial score (nSPS) is 14.0. The quantitative estimate of drug-likeness (QED) is 0.558. The van der Waals surface area contributed by atoms with Crippen LogP contribution < -0.4 is 10.1 Å². The Labute approximate surface area is 198 Å². The summed E-state index contributed by atoms with van der Waals surface area (Å²) in [5.74, 6) is 0.225. The molecule has 1 fully saturated rings. The molecule has 0 aromatic heterocycles. The Kier molecular flexibility index (Phi) is 7.88. The fourth-order valence-corrected chi connectivity index (χ4v) is 3.81. The van der Waals surface area contributed by atoms with Crippen molar-refractivity contribution >= 4 is 11.8 Å². The van der Waals surface area contributed by atoms with Crippen LogP contribution in [0.15, 0.2) is 78.9 Å². The predicted molar refractivity (Wildman–Crippen MR) is 128 cm³/mol. The molecule has 1 N–H and O–H groups in total. The van der Waals surface area contributed by atoms with Crippen molar-refractivity contribution in [3.05, 3.63) is 101 Å². The van der Waals surface area contributed by atoms with Gasteiger partial charge in [-0.15, -0.1) is 0 Å². The minimum Gasteiger partial charge on any atom is -0.489 e. The monoisotopic (exact) mass is 461 g/mol. The highest BCUT2D eigenvalue weighted by atomic mass is 19.1. The topological polar surface area (TPSA) is 61.9 Å². The molecule has 4 rings (SSSR count). The first-order valence-electron chi connectivity index (χ1n) is 11.4. The van der Waals surface area contributed by atoms with Gasteiger partial charge in [0.25, 0.3) is 5.91 Å². The van der Waals surface area contributed by atoms with Gasteiger partial charge in [-0.25, -0.2) is 4.39 Å². The summed E-state index contributed by atoms with van der Waals surface area (Å²) in [6, 6.07) is 23.0. The lowest BCUT2D eigenvalue weighted by Gasteiger charge is -2.34. The number of rotatable bonds is 8. The number of ether oxygens (including phenoxy) is 1. The fraction of sp³-hybridized carbons (Fsp3) is 0.259. The molecule has 176 valence electrons. The van der Waals surface area contributed by atoms with Crippen molar-refractivity contribution in [2.75, 3.05) is 32.7 Å². The molecule has 1 aliphatic rings. The van der Waals surface area contributed by atoms with Gasteiger partial charge < -0.3 is 15.0 Å². The van der Waals surface area contributed by atoms with E-state index in [-0.39, 0.29) is 17.6 Å². The maximum atomic E-state index is 13.0. The summed E-state index contributed by atoms with van der Waals surface area (Å²) in [6.45, 7) is 3.54. The van der Waals surface area contributed by atoms with Crippen molar-refractivity contribution in [1.82, 2.24) is 15.1 Å². The number of nitrogens with one attached hydrogen (secondary N) is 1. The number of nitrogens with zero attached hydrogens (tertiary/aromatic N) is 2. The highest BCUT2D eigenvalue weighted by Crippen LogP contribution is 2.18. The number of amides is 2. The Morgan fingerprint density at radius 2 is 1.59 bits per heavy atom. The molecule has 1 saturated heterocycles. The van der Waals surface area contributed by atoms with Crippen LogP contribution in [-0.2, 0) is 17.9 Å². The van der Waals surface area contributed by atoms with Gasteiger partial charge in [-0.2, -0.15) is 0 Å². The van der Waals surface area contributed by atoms with E-state index in [0.29, 0.717) is 57.2 Å². The van der Waals surface area contributed by atoms with E-state index < -0.39 is 0 Å². The zero-order chi connectivity index (χ0) is 23.8. The molecule has 0 spiro atoms. The molecule has 0 radical (unpaired) electrons. The zero-order valence-corrected chi connectivity index (χ0v) is 19.0. The van der Waals surface area contributed by atoms with E-state index in [2.05, 4.69) is 10.2 Å². The molecule has 0 unspecified atom stereocenters. The van der Waals surface area contributed by atoms with E-state index in [1.165, 1.54) is 12.1 Å². The highest BCUT2D eigenvalue weighted by Gasteiger charge is 2.23. The van der Waals surface area contributed by atoms with Crippen molar-refractivity contribution in [2.24, 2.45) is 0 Å². The second-order valence-corrected chi connectivity index (χ2v) is 8.27. The SMILES string of the molecule is O=C(CN1CCN(C(=O)c2cccc(OCc3ccc(F)cc3)c2)CC1)NCc1ccccc1. The van der Waals surface area contributed by atoms with Gasteiger partial charge in [0.05, 0.1) is 6.54 Å². The van der Waals surface area contributed by atoms with Gasteiger partial charge in [0, 0.05) is 38.3 Å². The zero-order valence-electron chi connectivity index (χ0n) is 19.0. The largest absolute Gasteiger partial charge is 0.489 e. The van der Waals surface area contributed by atoms with Crippen LogP contribution in [0.2, 0.25) is 0 Å². The van der Waals surface area contributed by atoms with Crippen LogP contribution >= 0.6 is 0 Å². The number of benzene rings is 3. The van der Waals surface area contributed by atoms with Crippen molar-refractivity contribution in [1.29, 1.82) is 0 Å². The number of halogens is 1. The molecule has 0 atom stereocenters. The average molecular weight is 462 g/mol. The van der Waals surface area contributed by atoms with Crippen molar-refractivity contribution in [3.63, 3.8) is 0 Å². The molecule has 0 saturated carbocycles. The number of hydrogen-bond acceptors (Lipinski definition) is 4. The Morgan fingerprint density at radius 3 is 2.32 bits per heavy atom. The second-order valence-electron chi connectivity index (χ2n) is 8.27. The molecule has 1 aliphatic heterocycles.